The molecule has 0 bridgehead atoms. The number of hydrogen-bond acceptors (Lipinski definition) is 1. The molecule has 1 unspecified atom stereocenters. The summed E-state index contributed by atoms with van der Waals surface area (Å²) in [5, 5.41) is 2.58. The summed E-state index contributed by atoms with van der Waals surface area (Å²) in [7, 11) is 2.17. The van der Waals surface area contributed by atoms with Gasteiger partial charge in [0.05, 0.1) is 5.41 Å². The smallest absolute Gasteiger partial charge is 0.210 e. The Morgan fingerprint density at radius 1 is 1.03 bits per heavy atom. The largest absolute Gasteiger partial charge is 0.299 e. The summed E-state index contributed by atoms with van der Waals surface area (Å²) in [6.45, 7) is 6.43. The molecule has 0 amide bonds. The first-order valence-electron chi connectivity index (χ1n) is 13.5. The molecule has 2 nitrogen and oxygen atoms in total. The Hall–Kier alpha value is -3.26. The molecule has 5 rings (SSSR count). The molecule has 1 aliphatic carbocycles. The van der Waals surface area contributed by atoms with Crippen LogP contribution in [0.2, 0.25) is 0 Å². The predicted molar refractivity (Wildman–Crippen MR) is 152 cm³/mol. The van der Waals surface area contributed by atoms with Crippen LogP contribution in [0.5, 0.6) is 0 Å². The van der Waals surface area contributed by atoms with E-state index in [0.29, 0.717) is 18.6 Å². The van der Waals surface area contributed by atoms with Crippen LogP contribution in [0.25, 0.3) is 16.8 Å². The maximum Gasteiger partial charge on any atom is 0.210 e. The van der Waals surface area contributed by atoms with E-state index in [1.807, 2.05) is 6.08 Å². The normalized spacial score (nSPS) is 19.9. The molecular formula is C34H38NO+. The summed E-state index contributed by atoms with van der Waals surface area (Å²) in [5.74, 6) is 1.13. The number of ketones is 1. The second kappa shape index (κ2) is 10.4. The van der Waals surface area contributed by atoms with Crippen molar-refractivity contribution in [2.75, 3.05) is 7.05 Å². The lowest BCUT2D eigenvalue weighted by Gasteiger charge is -2.22. The summed E-state index contributed by atoms with van der Waals surface area (Å²) >= 11 is 0. The van der Waals surface area contributed by atoms with Crippen molar-refractivity contribution in [3.8, 4) is 0 Å². The van der Waals surface area contributed by atoms with Gasteiger partial charge in [0.1, 0.15) is 12.8 Å². The highest BCUT2D eigenvalue weighted by molar-refractivity contribution is 6.09. The Morgan fingerprint density at radius 2 is 1.78 bits per heavy atom. The lowest BCUT2D eigenvalue weighted by molar-refractivity contribution is -0.401. The highest BCUT2D eigenvalue weighted by Gasteiger charge is 2.46. The minimum atomic E-state index is -0.171. The van der Waals surface area contributed by atoms with E-state index < -0.39 is 0 Å². The van der Waals surface area contributed by atoms with E-state index in [9.17, 15) is 4.79 Å². The number of allylic oxidation sites excluding steroid dienone is 2. The second-order valence-corrected chi connectivity index (χ2v) is 10.9. The molecule has 2 aliphatic rings. The van der Waals surface area contributed by atoms with Crippen LogP contribution in [0.1, 0.15) is 68.6 Å². The molecule has 3 aromatic carbocycles. The van der Waals surface area contributed by atoms with E-state index >= 15 is 0 Å². The molecule has 1 fully saturated rings. The maximum atomic E-state index is 12.8. The standard InChI is InChI=1S/C34H38NO/c1-4-23-34(2)32(35(3)31-21-18-27-14-9-10-16-30(27)33(31)34)22-19-26-13-7-8-15-28(26)24-29(36)20-17-25-11-5-6-12-25/h4,7-10,13-16,18-19,21-22,25H,1,5-6,11-12,17,20,23-24H2,2-3H3/q+1. The lowest BCUT2D eigenvalue weighted by atomic mass is 9.74. The average molecular weight is 477 g/mol. The van der Waals surface area contributed by atoms with Crippen LogP contribution in [0.4, 0.5) is 5.69 Å². The van der Waals surface area contributed by atoms with Crippen molar-refractivity contribution in [1.29, 1.82) is 0 Å². The van der Waals surface area contributed by atoms with E-state index in [1.54, 1.807) is 0 Å². The van der Waals surface area contributed by atoms with Crippen molar-refractivity contribution in [2.45, 2.75) is 63.7 Å². The van der Waals surface area contributed by atoms with Crippen LogP contribution in [0, 0.1) is 5.92 Å². The number of carbonyl (C=O) groups excluding carboxylic acids is 1. The zero-order chi connectivity index (χ0) is 25.1. The minimum Gasteiger partial charge on any atom is -0.299 e. The van der Waals surface area contributed by atoms with Gasteiger partial charge in [0.15, 0.2) is 5.71 Å². The molecule has 0 saturated heterocycles. The van der Waals surface area contributed by atoms with Gasteiger partial charge in [-0.25, -0.2) is 0 Å². The van der Waals surface area contributed by atoms with Gasteiger partial charge in [-0.3, -0.25) is 4.79 Å². The lowest BCUT2D eigenvalue weighted by Crippen LogP contribution is -2.30. The third kappa shape index (κ3) is 4.62. The molecule has 0 N–H and O–H groups in total. The van der Waals surface area contributed by atoms with Crippen LogP contribution >= 0.6 is 0 Å². The van der Waals surface area contributed by atoms with Crippen molar-refractivity contribution in [3.05, 3.63) is 96.1 Å². The third-order valence-electron chi connectivity index (χ3n) is 8.47. The highest BCUT2D eigenvalue weighted by Crippen LogP contribution is 2.46. The SMILES string of the molecule is C=CCC1(C)C(C=Cc2ccccc2CC(=O)CCC2CCCC2)=[N+](C)c2ccc3ccccc3c21. The van der Waals surface area contributed by atoms with E-state index in [2.05, 4.69) is 97.9 Å². The van der Waals surface area contributed by atoms with Crippen LogP contribution in [-0.4, -0.2) is 23.1 Å². The second-order valence-electron chi connectivity index (χ2n) is 10.9. The van der Waals surface area contributed by atoms with Gasteiger partial charge < -0.3 is 0 Å². The number of benzene rings is 3. The molecule has 0 aromatic heterocycles. The Kier molecular flexibility index (Phi) is 7.05. The molecule has 2 heteroatoms. The van der Waals surface area contributed by atoms with Crippen molar-refractivity contribution in [1.82, 2.24) is 0 Å². The third-order valence-corrected chi connectivity index (χ3v) is 8.47. The Morgan fingerprint density at radius 3 is 2.58 bits per heavy atom. The summed E-state index contributed by atoms with van der Waals surface area (Å²) in [5.41, 5.74) is 5.98. The molecule has 184 valence electrons. The number of carbonyl (C=O) groups is 1. The molecule has 1 heterocycles. The summed E-state index contributed by atoms with van der Waals surface area (Å²) in [6.07, 6.45) is 14.9. The van der Waals surface area contributed by atoms with Gasteiger partial charge in [0.25, 0.3) is 0 Å². The van der Waals surface area contributed by atoms with Gasteiger partial charge in [-0.2, -0.15) is 4.58 Å². The van der Waals surface area contributed by atoms with Gasteiger partial charge in [-0.05, 0) is 59.7 Å². The summed E-state index contributed by atoms with van der Waals surface area (Å²) in [4.78, 5) is 12.8. The van der Waals surface area contributed by atoms with Crippen LogP contribution < -0.4 is 0 Å². The van der Waals surface area contributed by atoms with E-state index in [4.69, 9.17) is 0 Å². The number of fused-ring (bicyclic) bond motifs is 3. The van der Waals surface area contributed by atoms with Crippen LogP contribution in [0.15, 0.2) is 79.4 Å². The van der Waals surface area contributed by atoms with E-state index in [0.717, 1.165) is 29.9 Å². The van der Waals surface area contributed by atoms with Gasteiger partial charge >= 0.3 is 0 Å². The number of hydrogen-bond donors (Lipinski definition) is 0. The molecule has 1 atom stereocenters. The Bertz CT molecular complexity index is 1350. The average Bonchev–Trinajstić information content (AvgIpc) is 3.48. The fourth-order valence-electron chi connectivity index (χ4n) is 6.53. The fraction of sp³-hybridized carbons (Fsp3) is 0.353. The quantitative estimate of drug-likeness (QED) is 0.225. The first kappa shape index (κ1) is 24.4. The monoisotopic (exact) mass is 476 g/mol. The summed E-state index contributed by atoms with van der Waals surface area (Å²) in [6, 6.07) is 21.5. The Balaban J connectivity index is 1.43. The zero-order valence-electron chi connectivity index (χ0n) is 21.8. The topological polar surface area (TPSA) is 20.1 Å². The first-order valence-corrected chi connectivity index (χ1v) is 13.5. The fourth-order valence-corrected chi connectivity index (χ4v) is 6.53. The van der Waals surface area contributed by atoms with Crippen LogP contribution in [-0.2, 0) is 16.6 Å². The molecular weight excluding hydrogens is 438 g/mol. The van der Waals surface area contributed by atoms with E-state index in [1.165, 1.54) is 53.4 Å². The number of Topliss-reactive ketones (excluding diaryl/α,β-unsaturated/α-hetero) is 1. The molecule has 0 spiro atoms. The van der Waals surface area contributed by atoms with Gasteiger partial charge in [-0.15, -0.1) is 6.58 Å². The number of nitrogens with zero attached hydrogens (tertiary/aromatic N) is 1. The van der Waals surface area contributed by atoms with Gasteiger partial charge in [0, 0.05) is 30.5 Å². The van der Waals surface area contributed by atoms with Gasteiger partial charge in [0.2, 0.25) is 5.69 Å². The molecule has 1 aliphatic heterocycles. The molecule has 3 aromatic rings. The minimum absolute atomic E-state index is 0.171. The Labute approximate surface area is 216 Å². The van der Waals surface area contributed by atoms with Gasteiger partial charge in [-0.1, -0.05) is 80.3 Å². The number of rotatable bonds is 9. The van der Waals surface area contributed by atoms with Crippen molar-refractivity contribution < 1.29 is 9.37 Å². The molecule has 36 heavy (non-hydrogen) atoms. The van der Waals surface area contributed by atoms with E-state index in [-0.39, 0.29) is 5.41 Å². The highest BCUT2D eigenvalue weighted by atomic mass is 16.1. The van der Waals surface area contributed by atoms with Crippen molar-refractivity contribution >= 4 is 34.0 Å². The summed E-state index contributed by atoms with van der Waals surface area (Å²) < 4.78 is 2.33. The van der Waals surface area contributed by atoms with Crippen molar-refractivity contribution in [2.24, 2.45) is 5.92 Å². The maximum absolute atomic E-state index is 12.8. The zero-order valence-corrected chi connectivity index (χ0v) is 21.8. The van der Waals surface area contributed by atoms with Crippen molar-refractivity contribution in [3.63, 3.8) is 0 Å². The van der Waals surface area contributed by atoms with Crippen LogP contribution in [0.3, 0.4) is 0 Å². The molecule has 0 radical (unpaired) electrons. The predicted octanol–water partition coefficient (Wildman–Crippen LogP) is 8.20. The molecule has 1 saturated carbocycles. The first-order chi connectivity index (χ1) is 17.5.